The van der Waals surface area contributed by atoms with Gasteiger partial charge in [0.2, 0.25) is 0 Å². The van der Waals surface area contributed by atoms with Gasteiger partial charge in [-0.25, -0.2) is 0 Å². The van der Waals surface area contributed by atoms with E-state index in [2.05, 4.69) is 181 Å². The molecule has 0 atom stereocenters. The lowest BCUT2D eigenvalue weighted by Gasteiger charge is -2.28. The van der Waals surface area contributed by atoms with Crippen LogP contribution in [0.25, 0.3) is 88.0 Å². The molecular weight excluding hydrogens is 671 g/mol. The molecule has 11 aromatic rings. The molecule has 3 nitrogen and oxygen atoms in total. The molecule has 0 bridgehead atoms. The maximum Gasteiger partial charge on any atom is 0.159 e. The summed E-state index contributed by atoms with van der Waals surface area (Å²) in [7, 11) is 0. The molecule has 0 radical (unpaired) electrons. The van der Waals surface area contributed by atoms with Gasteiger partial charge in [0.05, 0.1) is 11.4 Å². The van der Waals surface area contributed by atoms with Crippen molar-refractivity contribution in [2.75, 3.05) is 4.90 Å². The van der Waals surface area contributed by atoms with E-state index in [0.717, 1.165) is 83.2 Å². The Balaban J connectivity index is 1.08. The number of fused-ring (bicyclic) bond motifs is 7. The summed E-state index contributed by atoms with van der Waals surface area (Å²) in [5.74, 6) is 0. The molecule has 0 saturated heterocycles. The Morgan fingerprint density at radius 1 is 0.309 bits per heavy atom. The van der Waals surface area contributed by atoms with Gasteiger partial charge < -0.3 is 13.7 Å². The molecule has 0 saturated carbocycles. The number of hydrogen-bond donors (Lipinski definition) is 0. The highest BCUT2D eigenvalue weighted by atomic mass is 16.3. The van der Waals surface area contributed by atoms with Gasteiger partial charge >= 0.3 is 0 Å². The summed E-state index contributed by atoms with van der Waals surface area (Å²) in [5.41, 5.74) is 13.5. The molecule has 55 heavy (non-hydrogen) atoms. The van der Waals surface area contributed by atoms with Crippen molar-refractivity contribution in [1.82, 2.24) is 0 Å². The molecule has 258 valence electrons. The second-order valence-electron chi connectivity index (χ2n) is 14.1. The molecule has 0 amide bonds. The first-order valence-electron chi connectivity index (χ1n) is 18.7. The lowest BCUT2D eigenvalue weighted by Crippen LogP contribution is -2.11. The summed E-state index contributed by atoms with van der Waals surface area (Å²) in [5, 5.41) is 6.92. The van der Waals surface area contributed by atoms with Gasteiger partial charge in [-0.1, -0.05) is 146 Å². The molecule has 9 aromatic carbocycles. The SMILES string of the molecule is c1cc(-c2ccccc2N(c2ccc(-c3ccc4oc5ccccc5c4c3)cc2)c2cccc3c2oc2ccccc23)cc(-c2cccc3ccccc23)c1. The van der Waals surface area contributed by atoms with Crippen molar-refractivity contribution in [2.45, 2.75) is 0 Å². The van der Waals surface area contributed by atoms with Crippen LogP contribution in [0.3, 0.4) is 0 Å². The Bertz CT molecular complexity index is 3220. The summed E-state index contributed by atoms with van der Waals surface area (Å²) in [4.78, 5) is 2.35. The minimum atomic E-state index is 0.851. The topological polar surface area (TPSA) is 29.5 Å². The van der Waals surface area contributed by atoms with Crippen LogP contribution in [0.15, 0.2) is 209 Å². The van der Waals surface area contributed by atoms with E-state index in [1.54, 1.807) is 0 Å². The Hall–Kier alpha value is -7.36. The first-order chi connectivity index (χ1) is 27.3. The molecule has 3 heteroatoms. The van der Waals surface area contributed by atoms with Crippen LogP contribution in [0.2, 0.25) is 0 Å². The smallest absolute Gasteiger partial charge is 0.159 e. The molecule has 0 N–H and O–H groups in total. The highest BCUT2D eigenvalue weighted by molar-refractivity contribution is 6.11. The maximum absolute atomic E-state index is 6.68. The van der Waals surface area contributed by atoms with Crippen molar-refractivity contribution in [2.24, 2.45) is 0 Å². The number of benzene rings is 9. The second kappa shape index (κ2) is 12.6. The third-order valence-corrected chi connectivity index (χ3v) is 10.9. The number of furan rings is 2. The number of hydrogen-bond acceptors (Lipinski definition) is 3. The first-order valence-corrected chi connectivity index (χ1v) is 18.7. The molecule has 11 rings (SSSR count). The molecule has 0 fully saturated rings. The lowest BCUT2D eigenvalue weighted by molar-refractivity contribution is 0.668. The summed E-state index contributed by atoms with van der Waals surface area (Å²) < 4.78 is 12.8. The zero-order chi connectivity index (χ0) is 36.3. The summed E-state index contributed by atoms with van der Waals surface area (Å²) in [6, 6.07) is 71.1. The van der Waals surface area contributed by atoms with Gasteiger partial charge in [-0.05, 0) is 93.2 Å². The van der Waals surface area contributed by atoms with Crippen LogP contribution < -0.4 is 4.90 Å². The Kier molecular flexibility index (Phi) is 7.17. The molecule has 0 unspecified atom stereocenters. The second-order valence-corrected chi connectivity index (χ2v) is 14.1. The molecule has 0 aliphatic rings. The fraction of sp³-hybridized carbons (Fsp3) is 0. The third kappa shape index (κ3) is 5.20. The zero-order valence-corrected chi connectivity index (χ0v) is 29.8. The van der Waals surface area contributed by atoms with E-state index in [9.17, 15) is 0 Å². The average molecular weight is 704 g/mol. The molecule has 2 aromatic heterocycles. The van der Waals surface area contributed by atoms with Crippen molar-refractivity contribution < 1.29 is 8.83 Å². The minimum Gasteiger partial charge on any atom is -0.456 e. The number of nitrogens with zero attached hydrogens (tertiary/aromatic N) is 1. The molecule has 0 spiro atoms. The summed E-state index contributed by atoms with van der Waals surface area (Å²) in [6.07, 6.45) is 0. The highest BCUT2D eigenvalue weighted by Gasteiger charge is 2.22. The van der Waals surface area contributed by atoms with Gasteiger partial charge in [0.25, 0.3) is 0 Å². The highest BCUT2D eigenvalue weighted by Crippen LogP contribution is 2.46. The van der Waals surface area contributed by atoms with Crippen LogP contribution in [-0.2, 0) is 0 Å². The number of rotatable bonds is 6. The Labute approximate surface area is 317 Å². The minimum absolute atomic E-state index is 0.851. The van der Waals surface area contributed by atoms with E-state index in [-0.39, 0.29) is 0 Å². The van der Waals surface area contributed by atoms with E-state index in [0.29, 0.717) is 0 Å². The van der Waals surface area contributed by atoms with E-state index in [1.807, 2.05) is 24.3 Å². The predicted octanol–water partition coefficient (Wildman–Crippen LogP) is 15.1. The van der Waals surface area contributed by atoms with Crippen molar-refractivity contribution in [3.05, 3.63) is 200 Å². The van der Waals surface area contributed by atoms with E-state index >= 15 is 0 Å². The number of para-hydroxylation sites is 4. The largest absolute Gasteiger partial charge is 0.456 e. The number of anilines is 3. The van der Waals surface area contributed by atoms with Crippen LogP contribution in [0.4, 0.5) is 17.1 Å². The predicted molar refractivity (Wildman–Crippen MR) is 229 cm³/mol. The van der Waals surface area contributed by atoms with Gasteiger partial charge in [0.1, 0.15) is 16.7 Å². The van der Waals surface area contributed by atoms with E-state index < -0.39 is 0 Å². The average Bonchev–Trinajstić information content (AvgIpc) is 3.83. The van der Waals surface area contributed by atoms with Gasteiger partial charge in [-0.3, -0.25) is 0 Å². The van der Waals surface area contributed by atoms with Crippen molar-refractivity contribution in [3.8, 4) is 33.4 Å². The Morgan fingerprint density at radius 2 is 0.873 bits per heavy atom. The van der Waals surface area contributed by atoms with E-state index in [1.165, 1.54) is 21.9 Å². The van der Waals surface area contributed by atoms with Gasteiger partial charge in [0.15, 0.2) is 5.58 Å². The van der Waals surface area contributed by atoms with Gasteiger partial charge in [0, 0.05) is 32.8 Å². The summed E-state index contributed by atoms with van der Waals surface area (Å²) >= 11 is 0. The van der Waals surface area contributed by atoms with Crippen LogP contribution in [0, 0.1) is 0 Å². The molecular formula is C52H33NO2. The normalized spacial score (nSPS) is 11.6. The summed E-state index contributed by atoms with van der Waals surface area (Å²) in [6.45, 7) is 0. The van der Waals surface area contributed by atoms with Crippen molar-refractivity contribution >= 4 is 71.7 Å². The molecule has 2 heterocycles. The maximum atomic E-state index is 6.68. The third-order valence-electron chi connectivity index (χ3n) is 10.9. The van der Waals surface area contributed by atoms with Gasteiger partial charge in [-0.2, -0.15) is 0 Å². The van der Waals surface area contributed by atoms with Gasteiger partial charge in [-0.15, -0.1) is 0 Å². The van der Waals surface area contributed by atoms with Crippen LogP contribution in [0.5, 0.6) is 0 Å². The van der Waals surface area contributed by atoms with Crippen LogP contribution in [-0.4, -0.2) is 0 Å². The quantitative estimate of drug-likeness (QED) is 0.173. The fourth-order valence-electron chi connectivity index (χ4n) is 8.27. The van der Waals surface area contributed by atoms with Crippen molar-refractivity contribution in [1.29, 1.82) is 0 Å². The zero-order valence-electron chi connectivity index (χ0n) is 29.8. The molecule has 0 aliphatic carbocycles. The Morgan fingerprint density at radius 3 is 1.73 bits per heavy atom. The first kappa shape index (κ1) is 31.2. The fourth-order valence-corrected chi connectivity index (χ4v) is 8.27. The van der Waals surface area contributed by atoms with Crippen molar-refractivity contribution in [3.63, 3.8) is 0 Å². The van der Waals surface area contributed by atoms with E-state index in [4.69, 9.17) is 8.83 Å². The van der Waals surface area contributed by atoms with Crippen LogP contribution >= 0.6 is 0 Å². The monoisotopic (exact) mass is 703 g/mol. The standard InChI is InChI=1S/C52H33NO2/c1-2-16-40-35(12-1)13-10-20-41(40)37-14-9-15-38(32-37)42-17-3-6-22-47(42)53(48-23-11-21-45-43-18-4-8-25-50(43)55-52(45)48)39-29-26-34(27-30-39)36-28-31-51-46(33-36)44-19-5-7-24-49(44)54-51/h1-33H. The molecule has 0 aliphatic heterocycles. The lowest BCUT2D eigenvalue weighted by atomic mass is 9.94. The van der Waals surface area contributed by atoms with Crippen LogP contribution in [0.1, 0.15) is 0 Å².